The maximum Gasteiger partial charge on any atom is 1.00 e. The normalized spacial score (nSPS) is 18.7. The Hall–Kier alpha value is -3.51. The van der Waals surface area contributed by atoms with Crippen molar-refractivity contribution < 1.29 is 68.4 Å². The zero-order chi connectivity index (χ0) is 27.0. The second kappa shape index (κ2) is 11.7. The van der Waals surface area contributed by atoms with Gasteiger partial charge in [0, 0.05) is 28.9 Å². The van der Waals surface area contributed by atoms with Crippen molar-refractivity contribution in [2.45, 2.75) is 18.0 Å². The first-order valence-corrected chi connectivity index (χ1v) is 12.7. The molecule has 3 aromatic rings. The van der Waals surface area contributed by atoms with E-state index in [0.717, 1.165) is 22.1 Å². The van der Waals surface area contributed by atoms with Gasteiger partial charge in [-0.15, -0.1) is 11.8 Å². The molecule has 39 heavy (non-hydrogen) atoms. The Morgan fingerprint density at radius 2 is 2.08 bits per heavy atom. The van der Waals surface area contributed by atoms with E-state index in [9.17, 15) is 29.4 Å². The van der Waals surface area contributed by atoms with Crippen molar-refractivity contribution in [3.05, 3.63) is 53.9 Å². The van der Waals surface area contributed by atoms with E-state index < -0.39 is 47.5 Å². The fraction of sp³-hybridized carbons (Fsp3) is 0.238. The molecule has 2 amide bonds. The maximum atomic E-state index is 13.0. The summed E-state index contributed by atoms with van der Waals surface area (Å²) in [6, 6.07) is 4.49. The van der Waals surface area contributed by atoms with Gasteiger partial charge in [-0.3, -0.25) is 14.5 Å². The Bertz CT molecular complexity index is 1540. The van der Waals surface area contributed by atoms with Crippen LogP contribution in [0.25, 0.3) is 5.65 Å². The number of carbonyl (C=O) groups excluding carboxylic acids is 4. The number of rotatable bonds is 9. The smallest absolute Gasteiger partial charge is 0.546 e. The van der Waals surface area contributed by atoms with Gasteiger partial charge in [0.05, 0.1) is 23.8 Å². The summed E-state index contributed by atoms with van der Waals surface area (Å²) in [7, 11) is 0. The number of fused-ring (bicyclic) bond motifs is 2. The molecule has 3 N–H and O–H groups in total. The minimum absolute atomic E-state index is 0. The molecule has 1 fully saturated rings. The van der Waals surface area contributed by atoms with E-state index in [4.69, 9.17) is 5.73 Å². The molecule has 3 aromatic heterocycles. The van der Waals surface area contributed by atoms with Gasteiger partial charge >= 0.3 is 29.6 Å². The number of β-lactam (4-membered cyclic amide) rings is 1. The van der Waals surface area contributed by atoms with Crippen LogP contribution in [0.4, 0.5) is 5.13 Å². The Kier molecular flexibility index (Phi) is 8.55. The Morgan fingerprint density at radius 1 is 1.28 bits per heavy atom. The molecule has 2 aliphatic heterocycles. The molecule has 0 aromatic carbocycles. The number of carboxylic acid groups (broad SMARTS) is 2. The van der Waals surface area contributed by atoms with E-state index in [1.807, 2.05) is 39.6 Å². The van der Waals surface area contributed by atoms with Gasteiger partial charge in [0.2, 0.25) is 11.5 Å². The molecule has 18 heteroatoms. The summed E-state index contributed by atoms with van der Waals surface area (Å²) in [4.78, 5) is 58.2. The minimum Gasteiger partial charge on any atom is -0.546 e. The van der Waals surface area contributed by atoms with Crippen molar-refractivity contribution in [2.24, 2.45) is 5.16 Å². The van der Waals surface area contributed by atoms with Gasteiger partial charge in [-0.2, -0.15) is 9.36 Å². The number of aliphatic carboxylic acids is 2. The van der Waals surface area contributed by atoms with Gasteiger partial charge in [-0.05, 0) is 6.07 Å². The van der Waals surface area contributed by atoms with E-state index in [1.54, 1.807) is 6.20 Å². The van der Waals surface area contributed by atoms with Crippen LogP contribution in [0.5, 0.6) is 0 Å². The van der Waals surface area contributed by atoms with Crippen LogP contribution in [0.2, 0.25) is 0 Å². The summed E-state index contributed by atoms with van der Waals surface area (Å²) in [5, 5.41) is 28.0. The number of nitrogens with zero attached hydrogens (tertiary/aromatic N) is 6. The molecule has 5 rings (SSSR count). The van der Waals surface area contributed by atoms with Crippen LogP contribution in [-0.4, -0.2) is 71.9 Å². The first kappa shape index (κ1) is 28.5. The summed E-state index contributed by atoms with van der Waals surface area (Å²) in [5.74, 6) is -4.67. The van der Waals surface area contributed by atoms with Crippen LogP contribution >= 0.6 is 23.3 Å². The number of aromatic nitrogens is 4. The molecule has 2 aliphatic rings. The number of nitrogens with one attached hydrogen (secondary N) is 1. The van der Waals surface area contributed by atoms with E-state index in [2.05, 4.69) is 24.7 Å². The number of carboxylic acids is 2. The Balaban J connectivity index is 0.00000353. The number of oxime groups is 1. The first-order chi connectivity index (χ1) is 18.2. The van der Waals surface area contributed by atoms with Crippen molar-refractivity contribution in [2.75, 3.05) is 18.1 Å². The van der Waals surface area contributed by atoms with Crippen molar-refractivity contribution in [3.63, 3.8) is 0 Å². The molecular formula is C21H17N8NaO7S2. The van der Waals surface area contributed by atoms with Gasteiger partial charge < -0.3 is 35.7 Å². The fourth-order valence-corrected chi connectivity index (χ4v) is 5.82. The summed E-state index contributed by atoms with van der Waals surface area (Å²) in [5.41, 5.74) is 6.10. The third-order valence-electron chi connectivity index (χ3n) is 5.66. The van der Waals surface area contributed by atoms with Gasteiger partial charge in [0.15, 0.2) is 11.7 Å². The second-order valence-electron chi connectivity index (χ2n) is 8.03. The number of carbonyl (C=O) groups is 4. The van der Waals surface area contributed by atoms with Crippen LogP contribution in [0.3, 0.4) is 0 Å². The van der Waals surface area contributed by atoms with Crippen molar-refractivity contribution in [1.29, 1.82) is 0 Å². The second-order valence-corrected chi connectivity index (χ2v) is 9.92. The minimum atomic E-state index is -1.58. The summed E-state index contributed by atoms with van der Waals surface area (Å²) in [6.07, 6.45) is 5.48. The third kappa shape index (κ3) is 5.62. The monoisotopic (exact) mass is 580 g/mol. The molecule has 1 saturated heterocycles. The zero-order valence-corrected chi connectivity index (χ0v) is 23.8. The number of hydrogen-bond acceptors (Lipinski definition) is 13. The summed E-state index contributed by atoms with van der Waals surface area (Å²) >= 11 is 2.04. The predicted molar refractivity (Wildman–Crippen MR) is 126 cm³/mol. The van der Waals surface area contributed by atoms with Crippen molar-refractivity contribution in [3.8, 4) is 0 Å². The molecule has 15 nitrogen and oxygen atoms in total. The maximum absolute atomic E-state index is 13.0. The number of anilines is 1. The van der Waals surface area contributed by atoms with Crippen LogP contribution in [0, 0.1) is 0 Å². The number of thioether (sulfide) groups is 1. The average molecular weight is 581 g/mol. The number of hydrogen-bond donors (Lipinski definition) is 2. The molecule has 2 atom stereocenters. The predicted octanol–water partition coefficient (Wildman–Crippen LogP) is -6.76. The topological polar surface area (TPSA) is 211 Å². The standard InChI is InChI=1S/C21H18N8O7S2.Na/c22-21-24-16(26-38-21)13(25-36-8-12(30)31)17(32)23-14-18(33)29-15(20(34)35)10(9-37-19(14)29)7-28-6-5-27-4-2-1-3-11(27)28;/h1-6,14,19H,7-9H2,(H4-,22,23,24,26,30,31,32,34,35);/q;+1/p-1/b25-13+;/t14-,19-;/m1./s1. The Labute approximate surface area is 249 Å². The molecule has 0 radical (unpaired) electrons. The Morgan fingerprint density at radius 3 is 2.77 bits per heavy atom. The van der Waals surface area contributed by atoms with Gasteiger partial charge in [-0.25, -0.2) is 8.97 Å². The number of pyridine rings is 1. The van der Waals surface area contributed by atoms with Crippen molar-refractivity contribution in [1.82, 2.24) is 24.0 Å². The largest absolute Gasteiger partial charge is 1.00 e. The van der Waals surface area contributed by atoms with E-state index in [-0.39, 0.29) is 58.5 Å². The van der Waals surface area contributed by atoms with Gasteiger partial charge in [-0.1, -0.05) is 11.2 Å². The molecule has 5 heterocycles. The van der Waals surface area contributed by atoms with Crippen LogP contribution in [-0.2, 0) is 30.6 Å². The summed E-state index contributed by atoms with van der Waals surface area (Å²) < 4.78 is 7.59. The van der Waals surface area contributed by atoms with Crippen LogP contribution in [0.1, 0.15) is 5.82 Å². The number of amides is 2. The fourth-order valence-electron chi connectivity index (χ4n) is 4.05. The third-order valence-corrected chi connectivity index (χ3v) is 7.55. The van der Waals surface area contributed by atoms with Gasteiger partial charge in [0.25, 0.3) is 17.5 Å². The summed E-state index contributed by atoms with van der Waals surface area (Å²) in [6.45, 7) is -0.726. The zero-order valence-electron chi connectivity index (χ0n) is 20.2. The van der Waals surface area contributed by atoms with E-state index in [0.29, 0.717) is 5.57 Å². The van der Waals surface area contributed by atoms with Crippen LogP contribution in [0.15, 0.2) is 53.2 Å². The van der Waals surface area contributed by atoms with E-state index >= 15 is 0 Å². The van der Waals surface area contributed by atoms with Crippen molar-refractivity contribution >= 4 is 63.5 Å². The molecule has 0 saturated carbocycles. The number of imidazole rings is 1. The molecule has 0 unspecified atom stereocenters. The number of nitrogens with two attached hydrogens (primary N) is 1. The average Bonchev–Trinajstić information content (AvgIpc) is 3.50. The first-order valence-electron chi connectivity index (χ1n) is 10.9. The molecule has 196 valence electrons. The molecule has 0 bridgehead atoms. The van der Waals surface area contributed by atoms with Crippen LogP contribution < -0.4 is 55.4 Å². The molecule has 0 aliphatic carbocycles. The SMILES string of the molecule is Nc1nc(/C(=N\OCC(=O)[O-])C(=O)N[C@@H]2C(=O)N3C(C(=O)[O-])=C(C[n+]4ccn5ccccc54)CS[C@H]23)ns1.[Na+]. The quantitative estimate of drug-likeness (QED) is 0.0798. The molecule has 0 spiro atoms. The van der Waals surface area contributed by atoms with Gasteiger partial charge in [0.1, 0.15) is 30.4 Å². The van der Waals surface area contributed by atoms with E-state index in [1.165, 1.54) is 11.8 Å². The number of nitrogen functional groups attached to an aromatic ring is 1. The molecular weight excluding hydrogens is 563 g/mol.